The minimum absolute atomic E-state index is 0.485. The number of hydrogen-bond acceptors (Lipinski definition) is 3. The van der Waals surface area contributed by atoms with Gasteiger partial charge in [-0.2, -0.15) is 0 Å². The minimum atomic E-state index is -0.485. The molecule has 1 N–H and O–H groups in total. The molecule has 1 aromatic rings. The molecule has 0 aromatic heterocycles. The maximum Gasteiger partial charge on any atom is 0.0762 e. The van der Waals surface area contributed by atoms with Crippen molar-refractivity contribution in [2.75, 3.05) is 31.7 Å². The van der Waals surface area contributed by atoms with Crippen LogP contribution in [-0.4, -0.2) is 31.9 Å². The molecule has 2 rings (SSSR count). The molecule has 0 bridgehead atoms. The second-order valence-corrected chi connectivity index (χ2v) is 5.29. The van der Waals surface area contributed by atoms with Gasteiger partial charge in [-0.25, -0.2) is 0 Å². The molecule has 0 amide bonds. The molecule has 0 spiro atoms. The van der Waals surface area contributed by atoms with Gasteiger partial charge in [-0.05, 0) is 36.6 Å². The largest absolute Gasteiger partial charge is 0.389 e. The van der Waals surface area contributed by atoms with Crippen LogP contribution in [0.4, 0.5) is 5.69 Å². The van der Waals surface area contributed by atoms with E-state index in [9.17, 15) is 5.11 Å². The number of rotatable bonds is 4. The summed E-state index contributed by atoms with van der Waals surface area (Å²) < 4.78 is 5.15. The molecule has 3 nitrogen and oxygen atoms in total. The quantitative estimate of drug-likeness (QED) is 0.861. The molecule has 4 heteroatoms. The smallest absolute Gasteiger partial charge is 0.0762 e. The van der Waals surface area contributed by atoms with Crippen molar-refractivity contribution >= 4 is 17.3 Å². The first-order valence-corrected chi connectivity index (χ1v) is 6.89. The SMILES string of the molecule is COCC1=CCN(c2ccc([C@H](C)O)cc2Cl)CC1. The zero-order chi connectivity index (χ0) is 13.8. The molecule has 0 saturated heterocycles. The second kappa shape index (κ2) is 6.42. The van der Waals surface area contributed by atoms with Gasteiger partial charge in [0, 0.05) is 20.2 Å². The highest BCUT2D eigenvalue weighted by atomic mass is 35.5. The number of hydrogen-bond donors (Lipinski definition) is 1. The summed E-state index contributed by atoms with van der Waals surface area (Å²) in [6, 6.07) is 5.76. The van der Waals surface area contributed by atoms with E-state index in [4.69, 9.17) is 16.3 Å². The Morgan fingerprint density at radius 1 is 1.47 bits per heavy atom. The van der Waals surface area contributed by atoms with Crippen LogP contribution in [0, 0.1) is 0 Å². The van der Waals surface area contributed by atoms with Crippen LogP contribution in [-0.2, 0) is 4.74 Å². The number of anilines is 1. The van der Waals surface area contributed by atoms with Crippen LogP contribution in [0.1, 0.15) is 25.0 Å². The lowest BCUT2D eigenvalue weighted by Gasteiger charge is -2.29. The van der Waals surface area contributed by atoms with Gasteiger partial charge in [-0.1, -0.05) is 23.7 Å². The number of ether oxygens (including phenoxy) is 1. The molecule has 1 aliphatic heterocycles. The molecule has 1 atom stereocenters. The lowest BCUT2D eigenvalue weighted by molar-refractivity contribution is 0.199. The predicted octanol–water partition coefficient (Wildman–Crippen LogP) is 3.18. The highest BCUT2D eigenvalue weighted by molar-refractivity contribution is 6.33. The van der Waals surface area contributed by atoms with Crippen LogP contribution in [0.15, 0.2) is 29.8 Å². The summed E-state index contributed by atoms with van der Waals surface area (Å²) >= 11 is 6.31. The van der Waals surface area contributed by atoms with Gasteiger partial charge >= 0.3 is 0 Å². The fourth-order valence-corrected chi connectivity index (χ4v) is 2.59. The van der Waals surface area contributed by atoms with E-state index in [1.165, 1.54) is 5.57 Å². The fraction of sp³-hybridized carbons (Fsp3) is 0.467. The first kappa shape index (κ1) is 14.4. The monoisotopic (exact) mass is 281 g/mol. The first-order valence-electron chi connectivity index (χ1n) is 6.51. The van der Waals surface area contributed by atoms with Gasteiger partial charge in [0.2, 0.25) is 0 Å². The van der Waals surface area contributed by atoms with E-state index in [1.54, 1.807) is 14.0 Å². The minimum Gasteiger partial charge on any atom is -0.389 e. The van der Waals surface area contributed by atoms with Crippen LogP contribution in [0.25, 0.3) is 0 Å². The van der Waals surface area contributed by atoms with Gasteiger partial charge in [0.15, 0.2) is 0 Å². The van der Waals surface area contributed by atoms with Gasteiger partial charge in [-0.3, -0.25) is 0 Å². The second-order valence-electron chi connectivity index (χ2n) is 4.88. The van der Waals surface area contributed by atoms with Crippen molar-refractivity contribution in [3.63, 3.8) is 0 Å². The molecule has 0 unspecified atom stereocenters. The maximum absolute atomic E-state index is 9.55. The topological polar surface area (TPSA) is 32.7 Å². The van der Waals surface area contributed by atoms with Gasteiger partial charge < -0.3 is 14.7 Å². The number of benzene rings is 1. The molecule has 1 aliphatic rings. The molecule has 19 heavy (non-hydrogen) atoms. The molecular formula is C15H20ClNO2. The van der Waals surface area contributed by atoms with Crippen LogP contribution in [0.3, 0.4) is 0 Å². The van der Waals surface area contributed by atoms with E-state index >= 15 is 0 Å². The van der Waals surface area contributed by atoms with Gasteiger partial charge in [0.25, 0.3) is 0 Å². The van der Waals surface area contributed by atoms with Gasteiger partial charge in [-0.15, -0.1) is 0 Å². The molecule has 1 heterocycles. The Labute approximate surface area is 119 Å². The fourth-order valence-electron chi connectivity index (χ4n) is 2.29. The van der Waals surface area contributed by atoms with Crippen molar-refractivity contribution in [3.05, 3.63) is 40.4 Å². The summed E-state index contributed by atoms with van der Waals surface area (Å²) in [5, 5.41) is 10.2. The average molecular weight is 282 g/mol. The third-order valence-electron chi connectivity index (χ3n) is 3.43. The lowest BCUT2D eigenvalue weighted by atomic mass is 10.1. The van der Waals surface area contributed by atoms with Crippen LogP contribution < -0.4 is 4.90 Å². The summed E-state index contributed by atoms with van der Waals surface area (Å²) in [5.41, 5.74) is 3.22. The Bertz CT molecular complexity index is 471. The highest BCUT2D eigenvalue weighted by Crippen LogP contribution is 2.30. The van der Waals surface area contributed by atoms with Crippen LogP contribution in [0.2, 0.25) is 5.02 Å². The number of methoxy groups -OCH3 is 1. The third-order valence-corrected chi connectivity index (χ3v) is 3.73. The molecule has 0 saturated carbocycles. The molecule has 104 valence electrons. The Morgan fingerprint density at radius 3 is 2.79 bits per heavy atom. The van der Waals surface area contributed by atoms with E-state index in [-0.39, 0.29) is 0 Å². The average Bonchev–Trinajstić information content (AvgIpc) is 2.40. The maximum atomic E-state index is 9.55. The van der Waals surface area contributed by atoms with Crippen molar-refractivity contribution in [2.24, 2.45) is 0 Å². The molecule has 0 fully saturated rings. The van der Waals surface area contributed by atoms with Crippen molar-refractivity contribution in [1.29, 1.82) is 0 Å². The number of nitrogens with zero attached hydrogens (tertiary/aromatic N) is 1. The number of aliphatic hydroxyl groups is 1. The van der Waals surface area contributed by atoms with E-state index in [0.29, 0.717) is 11.6 Å². The van der Waals surface area contributed by atoms with Crippen LogP contribution in [0.5, 0.6) is 0 Å². The lowest BCUT2D eigenvalue weighted by Crippen LogP contribution is -2.29. The number of halogens is 1. The molecule has 1 aromatic carbocycles. The van der Waals surface area contributed by atoms with Crippen LogP contribution >= 0.6 is 11.6 Å². The summed E-state index contributed by atoms with van der Waals surface area (Å²) in [6.07, 6.45) is 2.72. The van der Waals surface area contributed by atoms with E-state index < -0.39 is 6.10 Å². The van der Waals surface area contributed by atoms with E-state index in [2.05, 4.69) is 11.0 Å². The summed E-state index contributed by atoms with van der Waals surface area (Å²) in [7, 11) is 1.72. The molecular weight excluding hydrogens is 262 g/mol. The van der Waals surface area contributed by atoms with Crippen molar-refractivity contribution < 1.29 is 9.84 Å². The Balaban J connectivity index is 2.11. The van der Waals surface area contributed by atoms with Gasteiger partial charge in [0.1, 0.15) is 0 Å². The van der Waals surface area contributed by atoms with Crippen molar-refractivity contribution in [3.8, 4) is 0 Å². The highest BCUT2D eigenvalue weighted by Gasteiger charge is 2.15. The molecule has 0 aliphatic carbocycles. The zero-order valence-corrected chi connectivity index (χ0v) is 12.2. The summed E-state index contributed by atoms with van der Waals surface area (Å²) in [6.45, 7) is 4.25. The Morgan fingerprint density at radius 2 is 2.26 bits per heavy atom. The van der Waals surface area contributed by atoms with Crippen molar-refractivity contribution in [1.82, 2.24) is 0 Å². The first-order chi connectivity index (χ1) is 9.11. The normalized spacial score (nSPS) is 17.3. The third kappa shape index (κ3) is 3.50. The van der Waals surface area contributed by atoms with E-state index in [1.807, 2.05) is 18.2 Å². The van der Waals surface area contributed by atoms with E-state index in [0.717, 1.165) is 30.8 Å². The van der Waals surface area contributed by atoms with Crippen molar-refractivity contribution in [2.45, 2.75) is 19.4 Å². The number of aliphatic hydroxyl groups excluding tert-OH is 1. The Kier molecular flexibility index (Phi) is 4.86. The molecule has 0 radical (unpaired) electrons. The Hall–Kier alpha value is -1.03. The predicted molar refractivity (Wildman–Crippen MR) is 78.9 cm³/mol. The van der Waals surface area contributed by atoms with Gasteiger partial charge in [0.05, 0.1) is 23.4 Å². The zero-order valence-electron chi connectivity index (χ0n) is 11.4. The summed E-state index contributed by atoms with van der Waals surface area (Å²) in [5.74, 6) is 0. The standard InChI is InChI=1S/C15H20ClNO2/c1-11(18)13-3-4-15(14(16)9-13)17-7-5-12(6-8-17)10-19-2/h3-5,9,11,18H,6-8,10H2,1-2H3/t11-/m0/s1. The summed E-state index contributed by atoms with van der Waals surface area (Å²) in [4.78, 5) is 2.24.